The van der Waals surface area contributed by atoms with Crippen LogP contribution in [-0.2, 0) is 0 Å². The lowest BCUT2D eigenvalue weighted by Crippen LogP contribution is -1.93. The molecule has 0 aliphatic heterocycles. The van der Waals surface area contributed by atoms with Crippen molar-refractivity contribution in [2.75, 3.05) is 5.73 Å². The van der Waals surface area contributed by atoms with Gasteiger partial charge in [0.1, 0.15) is 5.56 Å². The van der Waals surface area contributed by atoms with Gasteiger partial charge in [-0.3, -0.25) is 15.1 Å². The molecule has 0 spiro atoms. The second-order valence-corrected chi connectivity index (χ2v) is 4.16. The fraction of sp³-hybridized carbons (Fsp3) is 0. The summed E-state index contributed by atoms with van der Waals surface area (Å²) in [7, 11) is 0. The molecule has 2 heterocycles. The van der Waals surface area contributed by atoms with Crippen molar-refractivity contribution in [3.05, 3.63) is 52.8 Å². The number of nitrogens with two attached hydrogens (primary N) is 1. The van der Waals surface area contributed by atoms with Crippen LogP contribution in [0.3, 0.4) is 0 Å². The van der Waals surface area contributed by atoms with Crippen LogP contribution < -0.4 is 5.73 Å². The zero-order valence-electron chi connectivity index (χ0n) is 10.6. The molecule has 8 nitrogen and oxygen atoms in total. The molecule has 104 valence electrons. The maximum absolute atomic E-state index is 11.0. The van der Waals surface area contributed by atoms with Crippen LogP contribution in [0.4, 0.5) is 11.4 Å². The van der Waals surface area contributed by atoms with E-state index in [-0.39, 0.29) is 23.0 Å². The van der Waals surface area contributed by atoms with Gasteiger partial charge in [0.2, 0.25) is 5.82 Å². The molecule has 0 fully saturated rings. The number of pyridine rings is 1. The van der Waals surface area contributed by atoms with Gasteiger partial charge in [0.25, 0.3) is 11.6 Å². The van der Waals surface area contributed by atoms with Gasteiger partial charge in [-0.15, -0.1) is 0 Å². The van der Waals surface area contributed by atoms with E-state index in [2.05, 4.69) is 15.1 Å². The Kier molecular flexibility index (Phi) is 3.03. The lowest BCUT2D eigenvalue weighted by molar-refractivity contribution is -0.384. The predicted octanol–water partition coefficient (Wildman–Crippen LogP) is 2.29. The zero-order valence-corrected chi connectivity index (χ0v) is 10.6. The second-order valence-electron chi connectivity index (χ2n) is 4.16. The molecule has 8 heteroatoms. The lowest BCUT2D eigenvalue weighted by Gasteiger charge is -1.98. The number of nitrogen functional groups attached to an aromatic ring is 1. The van der Waals surface area contributed by atoms with Crippen molar-refractivity contribution in [2.24, 2.45) is 0 Å². The van der Waals surface area contributed by atoms with Crippen LogP contribution >= 0.6 is 0 Å². The number of anilines is 1. The first-order chi connectivity index (χ1) is 10.2. The summed E-state index contributed by atoms with van der Waals surface area (Å²) in [6.07, 6.45) is 3.00. The summed E-state index contributed by atoms with van der Waals surface area (Å²) >= 11 is 0. The topological polar surface area (TPSA) is 121 Å². The molecule has 21 heavy (non-hydrogen) atoms. The van der Waals surface area contributed by atoms with Gasteiger partial charge in [-0.2, -0.15) is 4.98 Å². The summed E-state index contributed by atoms with van der Waals surface area (Å²) in [4.78, 5) is 18.6. The van der Waals surface area contributed by atoms with Crippen molar-refractivity contribution < 1.29 is 9.45 Å². The first-order valence-corrected chi connectivity index (χ1v) is 5.94. The van der Waals surface area contributed by atoms with E-state index in [0.29, 0.717) is 11.3 Å². The van der Waals surface area contributed by atoms with E-state index in [1.807, 2.05) is 0 Å². The molecule has 2 N–H and O–H groups in total. The van der Waals surface area contributed by atoms with Gasteiger partial charge < -0.3 is 10.3 Å². The number of nitro benzene ring substituents is 1. The molecule has 0 amide bonds. The number of para-hydroxylation sites is 1. The van der Waals surface area contributed by atoms with Crippen molar-refractivity contribution in [1.82, 2.24) is 15.1 Å². The average molecular weight is 283 g/mol. The third-order valence-electron chi connectivity index (χ3n) is 2.85. The molecule has 1 aromatic carbocycles. The number of aromatic nitrogens is 3. The Bertz CT molecular complexity index is 815. The standard InChI is InChI=1S/C13H9N5O3/c14-10-7-15-6-5-8(10)13-16-12(17-21-13)9-3-1-2-4-11(9)18(19)20/h1-7H,14H2. The van der Waals surface area contributed by atoms with E-state index in [4.69, 9.17) is 10.3 Å². The van der Waals surface area contributed by atoms with E-state index in [1.165, 1.54) is 12.3 Å². The number of nitro groups is 1. The Labute approximate surface area is 118 Å². The lowest BCUT2D eigenvalue weighted by atomic mass is 10.1. The Balaban J connectivity index is 2.08. The van der Waals surface area contributed by atoms with Gasteiger partial charge in [-0.1, -0.05) is 17.3 Å². The molecule has 0 bridgehead atoms. The highest BCUT2D eigenvalue weighted by Crippen LogP contribution is 2.30. The number of hydrogen-bond acceptors (Lipinski definition) is 7. The summed E-state index contributed by atoms with van der Waals surface area (Å²) in [6, 6.07) is 7.81. The Morgan fingerprint density at radius 3 is 2.76 bits per heavy atom. The van der Waals surface area contributed by atoms with Crippen molar-refractivity contribution in [3.63, 3.8) is 0 Å². The highest BCUT2D eigenvalue weighted by Gasteiger charge is 2.20. The Morgan fingerprint density at radius 2 is 2.00 bits per heavy atom. The monoisotopic (exact) mass is 283 g/mol. The molecule has 0 saturated carbocycles. The molecule has 0 saturated heterocycles. The molecule has 0 aliphatic carbocycles. The number of hydrogen-bond donors (Lipinski definition) is 1. The van der Waals surface area contributed by atoms with Crippen LogP contribution in [0, 0.1) is 10.1 Å². The van der Waals surface area contributed by atoms with Gasteiger partial charge >= 0.3 is 0 Å². The quantitative estimate of drug-likeness (QED) is 0.578. The van der Waals surface area contributed by atoms with Gasteiger partial charge in [-0.25, -0.2) is 0 Å². The Hall–Kier alpha value is -3.29. The Morgan fingerprint density at radius 1 is 1.19 bits per heavy atom. The fourth-order valence-corrected chi connectivity index (χ4v) is 1.87. The molecular formula is C13H9N5O3. The first-order valence-electron chi connectivity index (χ1n) is 5.94. The molecule has 3 rings (SSSR count). The zero-order chi connectivity index (χ0) is 14.8. The number of rotatable bonds is 3. The molecule has 0 radical (unpaired) electrons. The van der Waals surface area contributed by atoms with E-state index in [0.717, 1.165) is 0 Å². The van der Waals surface area contributed by atoms with Gasteiger partial charge in [-0.05, 0) is 12.1 Å². The summed E-state index contributed by atoms with van der Waals surface area (Å²) in [6.45, 7) is 0. The average Bonchev–Trinajstić information content (AvgIpc) is 2.97. The van der Waals surface area contributed by atoms with Crippen LogP contribution in [0.25, 0.3) is 22.8 Å². The minimum absolute atomic E-state index is 0.0902. The summed E-state index contributed by atoms with van der Waals surface area (Å²) in [5.74, 6) is 0.316. The number of benzene rings is 1. The SMILES string of the molecule is Nc1cnccc1-c1nc(-c2ccccc2[N+](=O)[O-])no1. The van der Waals surface area contributed by atoms with Crippen LogP contribution in [0.2, 0.25) is 0 Å². The number of nitrogens with zero attached hydrogens (tertiary/aromatic N) is 4. The van der Waals surface area contributed by atoms with Gasteiger partial charge in [0.15, 0.2) is 0 Å². The third kappa shape index (κ3) is 2.29. The van der Waals surface area contributed by atoms with Crippen molar-refractivity contribution in [1.29, 1.82) is 0 Å². The van der Waals surface area contributed by atoms with Crippen LogP contribution in [0.5, 0.6) is 0 Å². The molecular weight excluding hydrogens is 274 g/mol. The minimum Gasteiger partial charge on any atom is -0.397 e. The van der Waals surface area contributed by atoms with Gasteiger partial charge in [0, 0.05) is 12.3 Å². The summed E-state index contributed by atoms with van der Waals surface area (Å²) in [5.41, 5.74) is 6.89. The largest absolute Gasteiger partial charge is 0.397 e. The second kappa shape index (κ2) is 5.00. The van der Waals surface area contributed by atoms with Crippen LogP contribution in [-0.4, -0.2) is 20.0 Å². The smallest absolute Gasteiger partial charge is 0.280 e. The van der Waals surface area contributed by atoms with E-state index < -0.39 is 4.92 Å². The van der Waals surface area contributed by atoms with E-state index >= 15 is 0 Å². The van der Waals surface area contributed by atoms with Crippen LogP contribution in [0.15, 0.2) is 47.2 Å². The van der Waals surface area contributed by atoms with Crippen molar-refractivity contribution in [2.45, 2.75) is 0 Å². The van der Waals surface area contributed by atoms with Crippen molar-refractivity contribution >= 4 is 11.4 Å². The minimum atomic E-state index is -0.494. The first kappa shape index (κ1) is 12.7. The van der Waals surface area contributed by atoms with E-state index in [1.54, 1.807) is 30.5 Å². The molecule has 0 unspecified atom stereocenters. The van der Waals surface area contributed by atoms with Crippen molar-refractivity contribution in [3.8, 4) is 22.8 Å². The third-order valence-corrected chi connectivity index (χ3v) is 2.85. The molecule has 3 aromatic rings. The summed E-state index contributed by atoms with van der Waals surface area (Å²) < 4.78 is 5.13. The highest BCUT2D eigenvalue weighted by molar-refractivity contribution is 5.72. The van der Waals surface area contributed by atoms with Gasteiger partial charge in [0.05, 0.1) is 22.4 Å². The van der Waals surface area contributed by atoms with E-state index in [9.17, 15) is 10.1 Å². The highest BCUT2D eigenvalue weighted by atomic mass is 16.6. The fourth-order valence-electron chi connectivity index (χ4n) is 1.87. The maximum atomic E-state index is 11.0. The molecule has 2 aromatic heterocycles. The maximum Gasteiger partial charge on any atom is 0.280 e. The molecule has 0 atom stereocenters. The molecule has 0 aliphatic rings. The summed E-state index contributed by atoms with van der Waals surface area (Å²) in [5, 5.41) is 14.8. The normalized spacial score (nSPS) is 10.5. The predicted molar refractivity (Wildman–Crippen MR) is 74.0 cm³/mol. The van der Waals surface area contributed by atoms with Crippen LogP contribution in [0.1, 0.15) is 0 Å².